The SMILES string of the molecule is c1ccc2ncc(Nc3ccnc(Nc4ccc5nc[nH]c5c4)n3)cc2c1. The van der Waals surface area contributed by atoms with Crippen molar-refractivity contribution in [2.24, 2.45) is 0 Å². The molecule has 130 valence electrons. The number of hydrogen-bond acceptors (Lipinski definition) is 6. The normalized spacial score (nSPS) is 11.0. The molecule has 27 heavy (non-hydrogen) atoms. The summed E-state index contributed by atoms with van der Waals surface area (Å²) in [5.74, 6) is 1.19. The van der Waals surface area contributed by atoms with Crippen LogP contribution in [0.5, 0.6) is 0 Å². The van der Waals surface area contributed by atoms with Gasteiger partial charge in [-0.2, -0.15) is 4.98 Å². The number of aromatic nitrogens is 5. The molecule has 3 heterocycles. The van der Waals surface area contributed by atoms with Crippen LogP contribution >= 0.6 is 0 Å². The molecule has 7 nitrogen and oxygen atoms in total. The molecule has 0 aliphatic heterocycles. The van der Waals surface area contributed by atoms with Crippen molar-refractivity contribution in [1.82, 2.24) is 24.9 Å². The fourth-order valence-electron chi connectivity index (χ4n) is 2.92. The van der Waals surface area contributed by atoms with E-state index in [4.69, 9.17) is 0 Å². The van der Waals surface area contributed by atoms with Gasteiger partial charge in [-0.05, 0) is 36.4 Å². The summed E-state index contributed by atoms with van der Waals surface area (Å²) in [6.45, 7) is 0. The van der Waals surface area contributed by atoms with Crippen LogP contribution < -0.4 is 10.6 Å². The quantitative estimate of drug-likeness (QED) is 0.444. The third-order valence-electron chi connectivity index (χ3n) is 4.19. The Morgan fingerprint density at radius 2 is 1.74 bits per heavy atom. The summed E-state index contributed by atoms with van der Waals surface area (Å²) in [5.41, 5.74) is 4.59. The summed E-state index contributed by atoms with van der Waals surface area (Å²) in [5, 5.41) is 7.57. The smallest absolute Gasteiger partial charge is 0.229 e. The van der Waals surface area contributed by atoms with E-state index in [0.717, 1.165) is 33.3 Å². The Balaban J connectivity index is 1.39. The van der Waals surface area contributed by atoms with E-state index < -0.39 is 0 Å². The highest BCUT2D eigenvalue weighted by Gasteiger charge is 2.04. The van der Waals surface area contributed by atoms with Crippen LogP contribution in [0.1, 0.15) is 0 Å². The van der Waals surface area contributed by atoms with E-state index in [1.165, 1.54) is 0 Å². The van der Waals surface area contributed by atoms with Crippen molar-refractivity contribution in [3.8, 4) is 0 Å². The van der Waals surface area contributed by atoms with Gasteiger partial charge in [0.05, 0.1) is 34.8 Å². The average Bonchev–Trinajstić information content (AvgIpc) is 3.16. The number of para-hydroxylation sites is 1. The standard InChI is InChI=1S/C20H15N7/c1-2-4-16-13(3-1)9-15(11-22-16)25-19-7-8-21-20(27-19)26-14-5-6-17-18(10-14)24-12-23-17/h1-12H,(H,23,24)(H2,21,25,26,27). The first kappa shape index (κ1) is 15.3. The molecule has 0 saturated carbocycles. The zero-order valence-electron chi connectivity index (χ0n) is 14.2. The molecule has 0 unspecified atom stereocenters. The lowest BCUT2D eigenvalue weighted by Gasteiger charge is -2.09. The van der Waals surface area contributed by atoms with E-state index in [1.54, 1.807) is 18.7 Å². The number of hydrogen-bond donors (Lipinski definition) is 3. The minimum Gasteiger partial charge on any atom is -0.345 e. The summed E-state index contributed by atoms with van der Waals surface area (Å²) < 4.78 is 0. The number of rotatable bonds is 4. The molecule has 0 amide bonds. The van der Waals surface area contributed by atoms with Gasteiger partial charge in [0.25, 0.3) is 0 Å². The Kier molecular flexibility index (Phi) is 3.61. The third kappa shape index (κ3) is 3.13. The Morgan fingerprint density at radius 1 is 0.778 bits per heavy atom. The highest BCUT2D eigenvalue weighted by Crippen LogP contribution is 2.21. The summed E-state index contributed by atoms with van der Waals surface area (Å²) in [7, 11) is 0. The number of H-pyrrole nitrogens is 1. The first-order valence-corrected chi connectivity index (χ1v) is 8.48. The second kappa shape index (κ2) is 6.38. The molecule has 5 rings (SSSR count). The van der Waals surface area contributed by atoms with Gasteiger partial charge in [0, 0.05) is 17.3 Å². The van der Waals surface area contributed by atoms with Crippen molar-refractivity contribution >= 4 is 45.1 Å². The van der Waals surface area contributed by atoms with Crippen LogP contribution in [0, 0.1) is 0 Å². The van der Waals surface area contributed by atoms with E-state index in [0.29, 0.717) is 11.8 Å². The number of nitrogens with one attached hydrogen (secondary N) is 3. The second-order valence-corrected chi connectivity index (χ2v) is 6.07. The van der Waals surface area contributed by atoms with Gasteiger partial charge in [-0.3, -0.25) is 4.98 Å². The van der Waals surface area contributed by atoms with Gasteiger partial charge in [0.1, 0.15) is 5.82 Å². The van der Waals surface area contributed by atoms with Crippen LogP contribution in [-0.4, -0.2) is 24.9 Å². The Bertz CT molecular complexity index is 1250. The maximum absolute atomic E-state index is 4.52. The van der Waals surface area contributed by atoms with E-state index in [-0.39, 0.29) is 0 Å². The maximum Gasteiger partial charge on any atom is 0.229 e. The topological polar surface area (TPSA) is 91.4 Å². The van der Waals surface area contributed by atoms with Gasteiger partial charge in [-0.15, -0.1) is 0 Å². The molecule has 0 spiro atoms. The highest BCUT2D eigenvalue weighted by atomic mass is 15.1. The lowest BCUT2D eigenvalue weighted by molar-refractivity contribution is 1.16. The maximum atomic E-state index is 4.52. The molecule has 0 radical (unpaired) electrons. The zero-order chi connectivity index (χ0) is 18.1. The van der Waals surface area contributed by atoms with E-state index in [9.17, 15) is 0 Å². The van der Waals surface area contributed by atoms with Crippen molar-refractivity contribution in [3.05, 3.63) is 73.3 Å². The van der Waals surface area contributed by atoms with E-state index >= 15 is 0 Å². The Morgan fingerprint density at radius 3 is 2.74 bits per heavy atom. The van der Waals surface area contributed by atoms with Crippen LogP contribution in [0.4, 0.5) is 23.1 Å². The third-order valence-corrected chi connectivity index (χ3v) is 4.19. The van der Waals surface area contributed by atoms with Crippen molar-refractivity contribution in [2.75, 3.05) is 10.6 Å². The van der Waals surface area contributed by atoms with Crippen LogP contribution in [0.25, 0.3) is 21.9 Å². The van der Waals surface area contributed by atoms with Crippen molar-refractivity contribution in [1.29, 1.82) is 0 Å². The molecule has 0 atom stereocenters. The van der Waals surface area contributed by atoms with Crippen molar-refractivity contribution in [2.45, 2.75) is 0 Å². The second-order valence-electron chi connectivity index (χ2n) is 6.07. The largest absolute Gasteiger partial charge is 0.345 e. The summed E-state index contributed by atoms with van der Waals surface area (Å²) in [6.07, 6.45) is 5.18. The predicted octanol–water partition coefficient (Wildman–Crippen LogP) is 4.39. The van der Waals surface area contributed by atoms with Gasteiger partial charge in [-0.1, -0.05) is 18.2 Å². The molecular formula is C20H15N7. The average molecular weight is 353 g/mol. The van der Waals surface area contributed by atoms with Gasteiger partial charge in [0.15, 0.2) is 0 Å². The fraction of sp³-hybridized carbons (Fsp3) is 0. The Hall–Kier alpha value is -4.00. The van der Waals surface area contributed by atoms with E-state index in [1.807, 2.05) is 54.6 Å². The van der Waals surface area contributed by atoms with Gasteiger partial charge in [-0.25, -0.2) is 9.97 Å². The summed E-state index contributed by atoms with van der Waals surface area (Å²) in [6, 6.07) is 17.7. The molecule has 7 heteroatoms. The Labute approximate surface area is 154 Å². The molecule has 0 fully saturated rings. The summed E-state index contributed by atoms with van der Waals surface area (Å²) >= 11 is 0. The lowest BCUT2D eigenvalue weighted by Crippen LogP contribution is -2.00. The summed E-state index contributed by atoms with van der Waals surface area (Å²) in [4.78, 5) is 20.6. The molecule has 3 N–H and O–H groups in total. The number of anilines is 4. The molecule has 3 aromatic heterocycles. The number of benzene rings is 2. The van der Waals surface area contributed by atoms with Gasteiger partial charge in [0.2, 0.25) is 5.95 Å². The number of pyridine rings is 1. The molecule has 0 aliphatic rings. The number of fused-ring (bicyclic) bond motifs is 2. The first-order valence-electron chi connectivity index (χ1n) is 8.48. The van der Waals surface area contributed by atoms with Crippen LogP contribution in [0.15, 0.2) is 73.3 Å². The monoisotopic (exact) mass is 353 g/mol. The predicted molar refractivity (Wildman–Crippen MR) is 106 cm³/mol. The highest BCUT2D eigenvalue weighted by molar-refractivity contribution is 5.82. The molecule has 0 bridgehead atoms. The minimum absolute atomic E-state index is 0.507. The lowest BCUT2D eigenvalue weighted by atomic mass is 10.2. The molecule has 5 aromatic rings. The molecular weight excluding hydrogens is 338 g/mol. The van der Waals surface area contributed by atoms with E-state index in [2.05, 4.69) is 35.6 Å². The number of aromatic amines is 1. The number of imidazole rings is 1. The van der Waals surface area contributed by atoms with Crippen LogP contribution in [0.3, 0.4) is 0 Å². The van der Waals surface area contributed by atoms with Crippen LogP contribution in [-0.2, 0) is 0 Å². The van der Waals surface area contributed by atoms with Crippen LogP contribution in [0.2, 0.25) is 0 Å². The molecule has 0 aliphatic carbocycles. The molecule has 2 aromatic carbocycles. The van der Waals surface area contributed by atoms with Crippen molar-refractivity contribution in [3.63, 3.8) is 0 Å². The fourth-order valence-corrected chi connectivity index (χ4v) is 2.92. The van der Waals surface area contributed by atoms with Gasteiger partial charge < -0.3 is 15.6 Å². The molecule has 0 saturated heterocycles. The zero-order valence-corrected chi connectivity index (χ0v) is 14.2. The first-order chi connectivity index (χ1) is 13.3. The number of nitrogens with zero attached hydrogens (tertiary/aromatic N) is 4. The minimum atomic E-state index is 0.507. The van der Waals surface area contributed by atoms with Gasteiger partial charge >= 0.3 is 0 Å². The van der Waals surface area contributed by atoms with Crippen molar-refractivity contribution < 1.29 is 0 Å².